The molecule has 5 aliphatic rings. The van der Waals surface area contributed by atoms with Crippen molar-refractivity contribution in [2.45, 2.75) is 63.8 Å². The lowest BCUT2D eigenvalue weighted by Gasteiger charge is -2.56. The number of carbonyl (C=O) groups is 3. The van der Waals surface area contributed by atoms with E-state index in [-0.39, 0.29) is 30.9 Å². The lowest BCUT2D eigenvalue weighted by molar-refractivity contribution is -0.166. The SMILES string of the molecule is N#CCCNC(=O)COC(=O)[C@@H]1CCCN1C(=O)C12CC3CC(CC(C3)C1)C2. The van der Waals surface area contributed by atoms with Crippen molar-refractivity contribution >= 4 is 17.8 Å². The van der Waals surface area contributed by atoms with Crippen LogP contribution < -0.4 is 5.32 Å². The molecule has 0 radical (unpaired) electrons. The van der Waals surface area contributed by atoms with Crippen molar-refractivity contribution < 1.29 is 19.1 Å². The quantitative estimate of drug-likeness (QED) is 0.553. The van der Waals surface area contributed by atoms with Crippen LogP contribution in [0.15, 0.2) is 0 Å². The molecule has 4 saturated carbocycles. The maximum atomic E-state index is 13.5. The first kappa shape index (κ1) is 19.2. The van der Waals surface area contributed by atoms with Gasteiger partial charge in [-0.25, -0.2) is 4.79 Å². The predicted octanol–water partition coefficient (Wildman–Crippen LogP) is 1.77. The standard InChI is InChI=1S/C21H29N3O4/c22-4-2-5-23-18(25)13-28-19(26)17-3-1-6-24(17)20(27)21-10-14-7-15(11-21)9-16(8-14)12-21/h14-17H,1-3,5-13H2,(H,23,25)/t14?,15?,16?,17-,21?/m0/s1. The molecule has 0 unspecified atom stereocenters. The Morgan fingerprint density at radius 1 is 1.11 bits per heavy atom. The minimum Gasteiger partial charge on any atom is -0.454 e. The van der Waals surface area contributed by atoms with Crippen molar-refractivity contribution in [2.75, 3.05) is 19.7 Å². The van der Waals surface area contributed by atoms with Crippen LogP contribution in [0.3, 0.4) is 0 Å². The molecule has 0 aromatic heterocycles. The molecule has 4 aliphatic carbocycles. The smallest absolute Gasteiger partial charge is 0.329 e. The Morgan fingerprint density at radius 2 is 1.75 bits per heavy atom. The highest BCUT2D eigenvalue weighted by molar-refractivity contribution is 5.90. The number of ether oxygens (including phenoxy) is 1. The lowest BCUT2D eigenvalue weighted by atomic mass is 9.49. The number of carbonyl (C=O) groups excluding carboxylic acids is 3. The first-order chi connectivity index (χ1) is 13.5. The normalized spacial score (nSPS) is 35.5. The zero-order chi connectivity index (χ0) is 19.7. The molecule has 1 aliphatic heterocycles. The van der Waals surface area contributed by atoms with Gasteiger partial charge in [0.2, 0.25) is 5.91 Å². The second-order valence-corrected chi connectivity index (χ2v) is 9.22. The number of rotatable bonds is 6. The van der Waals surface area contributed by atoms with Gasteiger partial charge in [0.15, 0.2) is 6.61 Å². The van der Waals surface area contributed by atoms with Crippen molar-refractivity contribution in [3.8, 4) is 6.07 Å². The molecule has 7 nitrogen and oxygen atoms in total. The summed E-state index contributed by atoms with van der Waals surface area (Å²) in [6.07, 6.45) is 8.40. The number of amides is 2. The zero-order valence-electron chi connectivity index (χ0n) is 16.3. The average molecular weight is 387 g/mol. The summed E-state index contributed by atoms with van der Waals surface area (Å²) < 4.78 is 5.19. The van der Waals surface area contributed by atoms with Crippen molar-refractivity contribution in [1.82, 2.24) is 10.2 Å². The molecule has 1 atom stereocenters. The van der Waals surface area contributed by atoms with Gasteiger partial charge >= 0.3 is 5.97 Å². The summed E-state index contributed by atoms with van der Waals surface area (Å²) in [7, 11) is 0. The van der Waals surface area contributed by atoms with Crippen LogP contribution in [0.4, 0.5) is 0 Å². The highest BCUT2D eigenvalue weighted by atomic mass is 16.5. The van der Waals surface area contributed by atoms with Gasteiger partial charge in [-0.2, -0.15) is 5.26 Å². The molecule has 152 valence electrons. The molecular weight excluding hydrogens is 358 g/mol. The van der Waals surface area contributed by atoms with E-state index >= 15 is 0 Å². The van der Waals surface area contributed by atoms with E-state index in [9.17, 15) is 14.4 Å². The van der Waals surface area contributed by atoms with Crippen LogP contribution in [0.1, 0.15) is 57.8 Å². The number of hydrogen-bond donors (Lipinski definition) is 1. The van der Waals surface area contributed by atoms with Gasteiger partial charge in [0.1, 0.15) is 6.04 Å². The molecule has 5 rings (SSSR count). The van der Waals surface area contributed by atoms with Crippen LogP contribution in [0.25, 0.3) is 0 Å². The van der Waals surface area contributed by atoms with Gasteiger partial charge in [-0.1, -0.05) is 0 Å². The first-order valence-corrected chi connectivity index (χ1v) is 10.6. The molecule has 0 spiro atoms. The third-order valence-electron chi connectivity index (χ3n) is 7.18. The molecule has 0 aromatic rings. The number of nitriles is 1. The highest BCUT2D eigenvalue weighted by Crippen LogP contribution is 2.60. The summed E-state index contributed by atoms with van der Waals surface area (Å²) in [6, 6.07) is 1.38. The molecule has 1 N–H and O–H groups in total. The summed E-state index contributed by atoms with van der Waals surface area (Å²) in [5.74, 6) is 1.30. The molecule has 0 aromatic carbocycles. The van der Waals surface area contributed by atoms with Gasteiger partial charge in [-0.15, -0.1) is 0 Å². The summed E-state index contributed by atoms with van der Waals surface area (Å²) in [5.41, 5.74) is -0.258. The van der Waals surface area contributed by atoms with E-state index in [2.05, 4.69) is 5.32 Å². The maximum Gasteiger partial charge on any atom is 0.329 e. The second kappa shape index (κ2) is 7.73. The molecule has 1 heterocycles. The number of hydrogen-bond acceptors (Lipinski definition) is 5. The molecule has 7 heteroatoms. The molecule has 2 amide bonds. The number of likely N-dealkylation sites (tertiary alicyclic amines) is 1. The third-order valence-corrected chi connectivity index (χ3v) is 7.18. The molecule has 1 saturated heterocycles. The van der Waals surface area contributed by atoms with E-state index in [1.807, 2.05) is 6.07 Å². The van der Waals surface area contributed by atoms with Gasteiger partial charge in [0.05, 0.1) is 17.9 Å². The van der Waals surface area contributed by atoms with Crippen molar-refractivity contribution in [1.29, 1.82) is 5.26 Å². The average Bonchev–Trinajstić information content (AvgIpc) is 3.14. The summed E-state index contributed by atoms with van der Waals surface area (Å²) in [5, 5.41) is 11.0. The van der Waals surface area contributed by atoms with E-state index in [0.717, 1.165) is 25.7 Å². The Labute approximate surface area is 165 Å². The largest absolute Gasteiger partial charge is 0.454 e. The summed E-state index contributed by atoms with van der Waals surface area (Å²) >= 11 is 0. The van der Waals surface area contributed by atoms with E-state index in [1.165, 1.54) is 19.3 Å². The van der Waals surface area contributed by atoms with Gasteiger partial charge in [0.25, 0.3) is 5.91 Å². The van der Waals surface area contributed by atoms with Crippen molar-refractivity contribution in [3.05, 3.63) is 0 Å². The van der Waals surface area contributed by atoms with Crippen molar-refractivity contribution in [2.24, 2.45) is 23.2 Å². The molecule has 4 bridgehead atoms. The fourth-order valence-corrected chi connectivity index (χ4v) is 6.47. The van der Waals surface area contributed by atoms with Crippen LogP contribution in [0.5, 0.6) is 0 Å². The van der Waals surface area contributed by atoms with E-state index in [1.54, 1.807) is 4.90 Å². The number of nitrogens with zero attached hydrogens (tertiary/aromatic N) is 2. The lowest BCUT2D eigenvalue weighted by Crippen LogP contribution is -2.56. The van der Waals surface area contributed by atoms with E-state index < -0.39 is 17.9 Å². The van der Waals surface area contributed by atoms with Gasteiger partial charge in [0, 0.05) is 13.1 Å². The Bertz CT molecular complexity index is 663. The van der Waals surface area contributed by atoms with E-state index in [0.29, 0.717) is 30.7 Å². The second-order valence-electron chi connectivity index (χ2n) is 9.22. The van der Waals surface area contributed by atoms with Gasteiger partial charge < -0.3 is 15.0 Å². The van der Waals surface area contributed by atoms with Crippen LogP contribution in [-0.4, -0.2) is 48.4 Å². The minimum atomic E-state index is -0.563. The fraction of sp³-hybridized carbons (Fsp3) is 0.810. The minimum absolute atomic E-state index is 0.157. The van der Waals surface area contributed by atoms with Crippen LogP contribution >= 0.6 is 0 Å². The van der Waals surface area contributed by atoms with Crippen LogP contribution in [0.2, 0.25) is 0 Å². The maximum absolute atomic E-state index is 13.5. The summed E-state index contributed by atoms with van der Waals surface area (Å²) in [6.45, 7) is 0.488. The zero-order valence-corrected chi connectivity index (χ0v) is 16.3. The fourth-order valence-electron chi connectivity index (χ4n) is 6.47. The van der Waals surface area contributed by atoms with Crippen LogP contribution in [0, 0.1) is 34.5 Å². The number of nitrogens with one attached hydrogen (secondary N) is 1. The monoisotopic (exact) mass is 387 g/mol. The number of esters is 1. The van der Waals surface area contributed by atoms with Gasteiger partial charge in [-0.05, 0) is 69.1 Å². The Kier molecular flexibility index (Phi) is 5.31. The topological polar surface area (TPSA) is 99.5 Å². The Hall–Kier alpha value is -2.10. The Morgan fingerprint density at radius 3 is 2.36 bits per heavy atom. The van der Waals surface area contributed by atoms with E-state index in [4.69, 9.17) is 10.00 Å². The van der Waals surface area contributed by atoms with Crippen molar-refractivity contribution in [3.63, 3.8) is 0 Å². The molecule has 5 fully saturated rings. The van der Waals surface area contributed by atoms with Gasteiger partial charge in [-0.3, -0.25) is 9.59 Å². The molecule has 28 heavy (non-hydrogen) atoms. The van der Waals surface area contributed by atoms with Crippen LogP contribution in [-0.2, 0) is 19.1 Å². The molecular formula is C21H29N3O4. The predicted molar refractivity (Wildman–Crippen MR) is 99.5 cm³/mol. The Balaban J connectivity index is 1.36. The first-order valence-electron chi connectivity index (χ1n) is 10.6. The summed E-state index contributed by atoms with van der Waals surface area (Å²) in [4.78, 5) is 39.6. The highest BCUT2D eigenvalue weighted by Gasteiger charge is 2.56. The third kappa shape index (κ3) is 3.61.